The van der Waals surface area contributed by atoms with E-state index in [1.54, 1.807) is 30.3 Å². The Morgan fingerprint density at radius 1 is 1.17 bits per heavy atom. The Morgan fingerprint density at radius 3 is 2.42 bits per heavy atom. The fraction of sp³-hybridized carbons (Fsp3) is 0.222. The standard InChI is InChI=1S/C18H21N3O2S/c1-11(2)12-4-6-13(7-5-12)17(22)21-18(24)20-15-9-8-14(19)10-16(15)23-3/h4-11H,19H2,1-3H3,(H2,20,21,22,24). The number of carbonyl (C=O) groups is 1. The van der Waals surface area contributed by atoms with Gasteiger partial charge in [-0.25, -0.2) is 0 Å². The Kier molecular flexibility index (Phi) is 5.76. The first-order valence-corrected chi connectivity index (χ1v) is 7.97. The molecular formula is C18H21N3O2S. The molecule has 2 rings (SSSR count). The van der Waals surface area contributed by atoms with Gasteiger partial charge in [-0.2, -0.15) is 0 Å². The molecule has 0 spiro atoms. The number of anilines is 2. The van der Waals surface area contributed by atoms with Gasteiger partial charge in [-0.15, -0.1) is 0 Å². The fourth-order valence-corrected chi connectivity index (χ4v) is 2.36. The van der Waals surface area contributed by atoms with Crippen LogP contribution in [0.2, 0.25) is 0 Å². The SMILES string of the molecule is COc1cc(N)ccc1NC(=S)NC(=O)c1ccc(C(C)C)cc1. The summed E-state index contributed by atoms with van der Waals surface area (Å²) < 4.78 is 5.24. The van der Waals surface area contributed by atoms with Crippen LogP contribution in [0.5, 0.6) is 5.75 Å². The minimum atomic E-state index is -0.266. The molecule has 0 fully saturated rings. The summed E-state index contributed by atoms with van der Waals surface area (Å²) in [5.41, 5.74) is 8.65. The second-order valence-corrected chi connectivity index (χ2v) is 6.05. The highest BCUT2D eigenvalue weighted by Gasteiger charge is 2.10. The number of nitrogens with one attached hydrogen (secondary N) is 2. The number of methoxy groups -OCH3 is 1. The second-order valence-electron chi connectivity index (χ2n) is 5.64. The molecule has 4 N–H and O–H groups in total. The van der Waals surface area contributed by atoms with Crippen molar-refractivity contribution < 1.29 is 9.53 Å². The topological polar surface area (TPSA) is 76.4 Å². The molecule has 24 heavy (non-hydrogen) atoms. The Labute approximate surface area is 147 Å². The summed E-state index contributed by atoms with van der Waals surface area (Å²) in [5, 5.41) is 5.78. The van der Waals surface area contributed by atoms with Gasteiger partial charge in [0.2, 0.25) is 0 Å². The van der Waals surface area contributed by atoms with E-state index in [1.807, 2.05) is 12.1 Å². The number of nitrogen functional groups attached to an aromatic ring is 1. The average Bonchev–Trinajstić information content (AvgIpc) is 2.56. The van der Waals surface area contributed by atoms with Crippen molar-refractivity contribution in [3.8, 4) is 5.75 Å². The van der Waals surface area contributed by atoms with Crippen LogP contribution in [-0.4, -0.2) is 18.1 Å². The molecule has 0 bridgehead atoms. The number of thiocarbonyl (C=S) groups is 1. The van der Waals surface area contributed by atoms with Gasteiger partial charge < -0.3 is 15.8 Å². The van der Waals surface area contributed by atoms with Gasteiger partial charge in [-0.1, -0.05) is 26.0 Å². The van der Waals surface area contributed by atoms with Crippen molar-refractivity contribution in [3.63, 3.8) is 0 Å². The van der Waals surface area contributed by atoms with E-state index in [2.05, 4.69) is 24.5 Å². The molecule has 0 atom stereocenters. The number of ether oxygens (including phenoxy) is 1. The summed E-state index contributed by atoms with van der Waals surface area (Å²) >= 11 is 5.19. The Hall–Kier alpha value is -2.60. The lowest BCUT2D eigenvalue weighted by atomic mass is 10.0. The van der Waals surface area contributed by atoms with E-state index in [0.29, 0.717) is 28.6 Å². The van der Waals surface area contributed by atoms with E-state index >= 15 is 0 Å². The number of carbonyl (C=O) groups excluding carboxylic acids is 1. The maximum absolute atomic E-state index is 12.2. The van der Waals surface area contributed by atoms with Gasteiger partial charge in [-0.05, 0) is 48.0 Å². The first kappa shape index (κ1) is 17.7. The highest BCUT2D eigenvalue weighted by Crippen LogP contribution is 2.26. The van der Waals surface area contributed by atoms with Gasteiger partial charge in [0.15, 0.2) is 5.11 Å². The average molecular weight is 343 g/mol. The van der Waals surface area contributed by atoms with Crippen LogP contribution in [0.4, 0.5) is 11.4 Å². The summed E-state index contributed by atoms with van der Waals surface area (Å²) in [6.07, 6.45) is 0. The maximum Gasteiger partial charge on any atom is 0.257 e. The van der Waals surface area contributed by atoms with Crippen LogP contribution in [0.25, 0.3) is 0 Å². The maximum atomic E-state index is 12.2. The van der Waals surface area contributed by atoms with E-state index in [-0.39, 0.29) is 11.0 Å². The fourth-order valence-electron chi connectivity index (χ4n) is 2.16. The van der Waals surface area contributed by atoms with Gasteiger partial charge >= 0.3 is 0 Å². The van der Waals surface area contributed by atoms with Crippen molar-refractivity contribution in [2.24, 2.45) is 0 Å². The van der Waals surface area contributed by atoms with Crippen molar-refractivity contribution in [1.82, 2.24) is 5.32 Å². The first-order valence-electron chi connectivity index (χ1n) is 7.56. The van der Waals surface area contributed by atoms with Crippen molar-refractivity contribution in [3.05, 3.63) is 53.6 Å². The Balaban J connectivity index is 2.03. The number of benzene rings is 2. The number of hydrogen-bond donors (Lipinski definition) is 3. The molecule has 0 saturated carbocycles. The molecule has 0 aliphatic heterocycles. The minimum absolute atomic E-state index is 0.191. The highest BCUT2D eigenvalue weighted by atomic mass is 32.1. The molecule has 2 aromatic rings. The third-order valence-electron chi connectivity index (χ3n) is 3.54. The highest BCUT2D eigenvalue weighted by molar-refractivity contribution is 7.80. The van der Waals surface area contributed by atoms with Crippen LogP contribution in [0.15, 0.2) is 42.5 Å². The van der Waals surface area contributed by atoms with Crippen molar-refractivity contribution in [1.29, 1.82) is 0 Å². The predicted octanol–water partition coefficient (Wildman–Crippen LogP) is 3.53. The van der Waals surface area contributed by atoms with Crippen molar-refractivity contribution in [2.45, 2.75) is 19.8 Å². The minimum Gasteiger partial charge on any atom is -0.494 e. The van der Waals surface area contributed by atoms with E-state index in [4.69, 9.17) is 22.7 Å². The molecular weight excluding hydrogens is 322 g/mol. The quantitative estimate of drug-likeness (QED) is 0.585. The summed E-state index contributed by atoms with van der Waals surface area (Å²) in [6, 6.07) is 12.6. The molecule has 2 aromatic carbocycles. The molecule has 1 amide bonds. The van der Waals surface area contributed by atoms with Gasteiger partial charge in [0, 0.05) is 17.3 Å². The zero-order valence-corrected chi connectivity index (χ0v) is 14.7. The van der Waals surface area contributed by atoms with Crippen molar-refractivity contribution >= 4 is 34.6 Å². The van der Waals surface area contributed by atoms with Crippen LogP contribution >= 0.6 is 12.2 Å². The Morgan fingerprint density at radius 2 is 1.83 bits per heavy atom. The number of nitrogens with two attached hydrogens (primary N) is 1. The largest absolute Gasteiger partial charge is 0.494 e. The second kappa shape index (κ2) is 7.79. The summed E-state index contributed by atoms with van der Waals surface area (Å²) in [5.74, 6) is 0.702. The molecule has 126 valence electrons. The monoisotopic (exact) mass is 343 g/mol. The van der Waals surface area contributed by atoms with Gasteiger partial charge in [0.25, 0.3) is 5.91 Å². The molecule has 0 aliphatic rings. The van der Waals surface area contributed by atoms with E-state index in [0.717, 1.165) is 0 Å². The van der Waals surface area contributed by atoms with Crippen molar-refractivity contribution in [2.75, 3.05) is 18.2 Å². The molecule has 0 saturated heterocycles. The number of rotatable bonds is 4. The lowest BCUT2D eigenvalue weighted by molar-refractivity contribution is 0.0977. The van der Waals surface area contributed by atoms with Crippen LogP contribution in [0, 0.1) is 0 Å². The zero-order chi connectivity index (χ0) is 17.7. The van der Waals surface area contributed by atoms with Gasteiger partial charge in [-0.3, -0.25) is 10.1 Å². The van der Waals surface area contributed by atoms with Crippen LogP contribution in [-0.2, 0) is 0 Å². The number of amides is 1. The normalized spacial score (nSPS) is 10.3. The summed E-state index contributed by atoms with van der Waals surface area (Å²) in [4.78, 5) is 12.2. The first-order chi connectivity index (χ1) is 11.4. The lowest BCUT2D eigenvalue weighted by Gasteiger charge is -2.13. The molecule has 0 aliphatic carbocycles. The molecule has 0 heterocycles. The Bertz CT molecular complexity index is 742. The molecule has 6 heteroatoms. The van der Waals surface area contributed by atoms with E-state index in [1.165, 1.54) is 12.7 Å². The number of hydrogen-bond acceptors (Lipinski definition) is 4. The third kappa shape index (κ3) is 4.45. The molecule has 5 nitrogen and oxygen atoms in total. The third-order valence-corrected chi connectivity index (χ3v) is 3.74. The molecule has 0 unspecified atom stereocenters. The van der Waals surface area contributed by atoms with E-state index in [9.17, 15) is 4.79 Å². The summed E-state index contributed by atoms with van der Waals surface area (Å²) in [6.45, 7) is 4.21. The van der Waals surface area contributed by atoms with Crippen LogP contribution in [0.1, 0.15) is 35.7 Å². The van der Waals surface area contributed by atoms with Crippen LogP contribution in [0.3, 0.4) is 0 Å². The summed E-state index contributed by atoms with van der Waals surface area (Å²) in [7, 11) is 1.54. The molecule has 0 radical (unpaired) electrons. The van der Waals surface area contributed by atoms with Gasteiger partial charge in [0.05, 0.1) is 12.8 Å². The smallest absolute Gasteiger partial charge is 0.257 e. The lowest BCUT2D eigenvalue weighted by Crippen LogP contribution is -2.34. The van der Waals surface area contributed by atoms with E-state index < -0.39 is 0 Å². The molecule has 0 aromatic heterocycles. The van der Waals surface area contributed by atoms with Gasteiger partial charge in [0.1, 0.15) is 5.75 Å². The zero-order valence-electron chi connectivity index (χ0n) is 13.9. The predicted molar refractivity (Wildman–Crippen MR) is 102 cm³/mol. The van der Waals surface area contributed by atoms with Crippen LogP contribution < -0.4 is 21.1 Å².